The van der Waals surface area contributed by atoms with Crippen molar-refractivity contribution in [2.45, 2.75) is 13.3 Å². The molecule has 7 nitrogen and oxygen atoms in total. The van der Waals surface area contributed by atoms with Gasteiger partial charge in [0.25, 0.3) is 0 Å². The number of rotatable bonds is 4. The third-order valence-corrected chi connectivity index (χ3v) is 5.24. The van der Waals surface area contributed by atoms with Crippen LogP contribution in [0.2, 0.25) is 5.15 Å². The largest absolute Gasteiger partial charge is 0.313 e. The van der Waals surface area contributed by atoms with Gasteiger partial charge < -0.3 is 0 Å². The van der Waals surface area contributed by atoms with Gasteiger partial charge in [0.2, 0.25) is 11.7 Å². The maximum absolute atomic E-state index is 12.1. The van der Waals surface area contributed by atoms with E-state index in [9.17, 15) is 19.7 Å². The Balaban J connectivity index is 2.28. The van der Waals surface area contributed by atoms with Gasteiger partial charge in [-0.25, -0.2) is 4.98 Å². The summed E-state index contributed by atoms with van der Waals surface area (Å²) < 4.78 is 0.292. The van der Waals surface area contributed by atoms with E-state index in [0.717, 1.165) is 11.8 Å². The number of thioether (sulfide) groups is 1. The van der Waals surface area contributed by atoms with Crippen molar-refractivity contribution in [1.82, 2.24) is 4.98 Å². The van der Waals surface area contributed by atoms with Crippen LogP contribution in [-0.2, 0) is 9.59 Å². The normalized spacial score (nSPS) is 17.9. The van der Waals surface area contributed by atoms with Gasteiger partial charge in [-0.2, -0.15) is 0 Å². The Labute approximate surface area is 143 Å². The lowest BCUT2D eigenvalue weighted by Gasteiger charge is -2.16. The van der Waals surface area contributed by atoms with Crippen molar-refractivity contribution >= 4 is 61.8 Å². The lowest BCUT2D eigenvalue weighted by atomic mass is 10.1. The zero-order chi connectivity index (χ0) is 16.4. The molecule has 1 atom stereocenters. The number of nitro groups is 1. The minimum Gasteiger partial charge on any atom is -0.291 e. The smallest absolute Gasteiger partial charge is 0.291 e. The van der Waals surface area contributed by atoms with E-state index in [1.807, 2.05) is 0 Å². The fourth-order valence-electron chi connectivity index (χ4n) is 2.11. The summed E-state index contributed by atoms with van der Waals surface area (Å²) in [7, 11) is 0. The zero-order valence-corrected chi connectivity index (χ0v) is 14.6. The Morgan fingerprint density at radius 2 is 2.36 bits per heavy atom. The number of anilines is 1. The van der Waals surface area contributed by atoms with Gasteiger partial charge in [-0.1, -0.05) is 23.4 Å². The van der Waals surface area contributed by atoms with Crippen LogP contribution in [0.1, 0.15) is 13.3 Å². The van der Waals surface area contributed by atoms with Crippen molar-refractivity contribution < 1.29 is 14.5 Å². The molecule has 1 fully saturated rings. The molecule has 22 heavy (non-hydrogen) atoms. The summed E-state index contributed by atoms with van der Waals surface area (Å²) in [6.07, 6.45) is 0.229. The second-order valence-electron chi connectivity index (χ2n) is 4.74. The number of hydrogen-bond donors (Lipinski definition) is 0. The summed E-state index contributed by atoms with van der Waals surface area (Å²) in [5.41, 5.74) is -0.288. The first kappa shape index (κ1) is 17.2. The van der Waals surface area contributed by atoms with E-state index in [0.29, 0.717) is 10.2 Å². The van der Waals surface area contributed by atoms with Crippen LogP contribution in [0, 0.1) is 16.0 Å². The molecule has 0 radical (unpaired) electrons. The number of carbonyl (C=O) groups excluding carboxylic acids is 2. The number of carbonyl (C=O) groups is 2. The number of amides is 1. The van der Waals surface area contributed by atoms with Gasteiger partial charge in [0, 0.05) is 31.7 Å². The standard InChI is InChI=1S/C12H11BrClN3O4S/c1-6(18)22-5-7-2-10(19)16(4-7)12-9(17(20)21)3-8(13)11(14)15-12/h3,7H,2,4-5H2,1H3. The zero-order valence-electron chi connectivity index (χ0n) is 11.4. The molecule has 1 amide bonds. The maximum atomic E-state index is 12.1. The van der Waals surface area contributed by atoms with Crippen molar-refractivity contribution in [3.05, 3.63) is 25.8 Å². The summed E-state index contributed by atoms with van der Waals surface area (Å²) in [6.45, 7) is 1.74. The van der Waals surface area contributed by atoms with Crippen molar-refractivity contribution in [2.24, 2.45) is 5.92 Å². The summed E-state index contributed by atoms with van der Waals surface area (Å²) in [4.78, 5) is 38.9. The van der Waals surface area contributed by atoms with Crippen molar-refractivity contribution in [3.8, 4) is 0 Å². The molecule has 0 bridgehead atoms. The molecule has 118 valence electrons. The monoisotopic (exact) mass is 407 g/mol. The molecule has 0 aliphatic carbocycles. The third kappa shape index (κ3) is 3.76. The first-order chi connectivity index (χ1) is 10.3. The molecular weight excluding hydrogens is 398 g/mol. The highest BCUT2D eigenvalue weighted by molar-refractivity contribution is 9.10. The lowest BCUT2D eigenvalue weighted by Crippen LogP contribution is -2.26. The number of hydrogen-bond acceptors (Lipinski definition) is 6. The summed E-state index contributed by atoms with van der Waals surface area (Å²) in [6, 6.07) is 1.23. The van der Waals surface area contributed by atoms with Crippen LogP contribution in [0.3, 0.4) is 0 Å². The van der Waals surface area contributed by atoms with E-state index in [-0.39, 0.29) is 46.6 Å². The quantitative estimate of drug-likeness (QED) is 0.432. The molecule has 1 aliphatic heterocycles. The van der Waals surface area contributed by atoms with E-state index in [1.165, 1.54) is 17.9 Å². The first-order valence-electron chi connectivity index (χ1n) is 6.23. The van der Waals surface area contributed by atoms with Crippen LogP contribution >= 0.6 is 39.3 Å². The predicted molar refractivity (Wildman–Crippen MR) is 87.2 cm³/mol. The van der Waals surface area contributed by atoms with Crippen LogP contribution in [0.4, 0.5) is 11.5 Å². The number of halogens is 2. The highest BCUT2D eigenvalue weighted by Crippen LogP contribution is 2.36. The van der Waals surface area contributed by atoms with E-state index in [2.05, 4.69) is 20.9 Å². The molecule has 0 spiro atoms. The SMILES string of the molecule is CC(=O)SCC1CC(=O)N(c2nc(Cl)c(Br)cc2[N+](=O)[O-])C1. The molecule has 0 saturated carbocycles. The van der Waals surface area contributed by atoms with Crippen LogP contribution in [0.5, 0.6) is 0 Å². The lowest BCUT2D eigenvalue weighted by molar-refractivity contribution is -0.384. The molecule has 2 heterocycles. The van der Waals surface area contributed by atoms with Crippen LogP contribution in [0.15, 0.2) is 10.5 Å². The van der Waals surface area contributed by atoms with Gasteiger partial charge in [-0.15, -0.1) is 0 Å². The van der Waals surface area contributed by atoms with E-state index in [1.54, 1.807) is 0 Å². The predicted octanol–water partition coefficient (Wildman–Crippen LogP) is 3.04. The molecule has 1 aromatic rings. The Morgan fingerprint density at radius 1 is 1.68 bits per heavy atom. The summed E-state index contributed by atoms with van der Waals surface area (Å²) in [5.74, 6) is 0.127. The molecule has 2 rings (SSSR count). The van der Waals surface area contributed by atoms with E-state index >= 15 is 0 Å². The minimum atomic E-state index is -0.603. The van der Waals surface area contributed by atoms with Crippen LogP contribution < -0.4 is 4.90 Å². The minimum absolute atomic E-state index is 0.0262. The van der Waals surface area contributed by atoms with E-state index in [4.69, 9.17) is 11.6 Å². The highest BCUT2D eigenvalue weighted by Gasteiger charge is 2.36. The maximum Gasteiger partial charge on any atom is 0.313 e. The summed E-state index contributed by atoms with van der Waals surface area (Å²) >= 11 is 10.1. The van der Waals surface area contributed by atoms with Gasteiger partial charge >= 0.3 is 5.69 Å². The molecule has 1 aliphatic rings. The molecule has 10 heteroatoms. The van der Waals surface area contributed by atoms with Crippen LogP contribution in [-0.4, -0.2) is 33.2 Å². The molecule has 1 aromatic heterocycles. The van der Waals surface area contributed by atoms with Gasteiger partial charge in [-0.3, -0.25) is 24.6 Å². The van der Waals surface area contributed by atoms with Crippen molar-refractivity contribution in [1.29, 1.82) is 0 Å². The molecule has 1 unspecified atom stereocenters. The van der Waals surface area contributed by atoms with Gasteiger partial charge in [0.05, 0.1) is 9.40 Å². The molecule has 1 saturated heterocycles. The number of aromatic nitrogens is 1. The van der Waals surface area contributed by atoms with Gasteiger partial charge in [0.15, 0.2) is 5.12 Å². The number of nitrogens with zero attached hydrogens (tertiary/aromatic N) is 3. The molecule has 0 aromatic carbocycles. The third-order valence-electron chi connectivity index (χ3n) is 3.07. The highest BCUT2D eigenvalue weighted by atomic mass is 79.9. The molecule has 0 N–H and O–H groups in total. The first-order valence-corrected chi connectivity index (χ1v) is 8.39. The van der Waals surface area contributed by atoms with Crippen molar-refractivity contribution in [3.63, 3.8) is 0 Å². The average Bonchev–Trinajstić information content (AvgIpc) is 2.80. The summed E-state index contributed by atoms with van der Waals surface area (Å²) in [5, 5.41) is 11.2. The second-order valence-corrected chi connectivity index (χ2v) is 7.15. The second kappa shape index (κ2) is 6.93. The molecular formula is C12H11BrClN3O4S. The fraction of sp³-hybridized carbons (Fsp3) is 0.417. The van der Waals surface area contributed by atoms with Crippen molar-refractivity contribution in [2.75, 3.05) is 17.2 Å². The van der Waals surface area contributed by atoms with E-state index < -0.39 is 4.92 Å². The fourth-order valence-corrected chi connectivity index (χ4v) is 3.25. The van der Waals surface area contributed by atoms with Gasteiger partial charge in [-0.05, 0) is 21.8 Å². The Kier molecular flexibility index (Phi) is 5.41. The Morgan fingerprint density at radius 3 is 2.95 bits per heavy atom. The average molecular weight is 409 g/mol. The topological polar surface area (TPSA) is 93.4 Å². The van der Waals surface area contributed by atoms with Crippen LogP contribution in [0.25, 0.3) is 0 Å². The van der Waals surface area contributed by atoms with Gasteiger partial charge in [0.1, 0.15) is 5.15 Å². The Bertz CT molecular complexity index is 658. The number of pyridine rings is 1. The Hall–Kier alpha value is -1.19.